The average molecular weight is 285 g/mol. The molecule has 3 amide bonds. The van der Waals surface area contributed by atoms with E-state index in [4.69, 9.17) is 5.11 Å². The molecule has 3 rings (SSSR count). The van der Waals surface area contributed by atoms with Crippen molar-refractivity contribution in [3.05, 3.63) is 36.0 Å². The van der Waals surface area contributed by atoms with E-state index >= 15 is 0 Å². The maximum Gasteiger partial charge on any atom is 0.335 e. The minimum absolute atomic E-state index is 0.116. The molecule has 1 aromatic heterocycles. The van der Waals surface area contributed by atoms with Gasteiger partial charge in [-0.1, -0.05) is 0 Å². The molecule has 1 aromatic carbocycles. The van der Waals surface area contributed by atoms with Gasteiger partial charge >= 0.3 is 12.0 Å². The van der Waals surface area contributed by atoms with Gasteiger partial charge in [0, 0.05) is 24.5 Å². The molecule has 0 atom stereocenters. The summed E-state index contributed by atoms with van der Waals surface area (Å²) in [5, 5.41) is 11.9. The molecule has 0 spiro atoms. The number of urea groups is 1. The van der Waals surface area contributed by atoms with Gasteiger partial charge in [-0.25, -0.2) is 9.59 Å². The molecule has 1 fully saturated rings. The Kier molecular flexibility index (Phi) is 3.02. The first-order valence-electron chi connectivity index (χ1n) is 6.29. The van der Waals surface area contributed by atoms with Crippen molar-refractivity contribution in [3.63, 3.8) is 0 Å². The van der Waals surface area contributed by atoms with E-state index in [1.165, 1.54) is 17.0 Å². The van der Waals surface area contributed by atoms with Crippen LogP contribution in [0.4, 0.5) is 10.5 Å². The van der Waals surface area contributed by atoms with E-state index in [-0.39, 0.29) is 24.4 Å². The summed E-state index contributed by atoms with van der Waals surface area (Å²) in [6.07, 6.45) is 1.75. The number of aromatic carboxylic acids is 1. The highest BCUT2D eigenvalue weighted by Crippen LogP contribution is 2.27. The first-order valence-corrected chi connectivity index (χ1v) is 6.29. The molecule has 0 radical (unpaired) electrons. The van der Waals surface area contributed by atoms with Crippen LogP contribution < -0.4 is 10.2 Å². The van der Waals surface area contributed by atoms with Crippen molar-refractivity contribution in [2.75, 3.05) is 11.4 Å². The Hall–Kier alpha value is -2.96. The normalized spacial score (nSPS) is 15.1. The molecule has 2 N–H and O–H groups in total. The van der Waals surface area contributed by atoms with Crippen LogP contribution in [0.1, 0.15) is 16.8 Å². The molecule has 106 valence electrons. The number of carboxylic acids is 1. The van der Waals surface area contributed by atoms with Gasteiger partial charge in [-0.3, -0.25) is 20.0 Å². The number of rotatable bonds is 2. The average Bonchev–Trinajstić information content (AvgIpc) is 2.46. The second-order valence-corrected chi connectivity index (χ2v) is 4.62. The molecule has 21 heavy (non-hydrogen) atoms. The van der Waals surface area contributed by atoms with Crippen molar-refractivity contribution in [2.45, 2.75) is 6.42 Å². The monoisotopic (exact) mass is 285 g/mol. The maximum atomic E-state index is 11.9. The summed E-state index contributed by atoms with van der Waals surface area (Å²) in [5.74, 6) is -1.37. The number of carboxylic acid groups (broad SMARTS) is 1. The number of benzene rings is 1. The topological polar surface area (TPSA) is 99.6 Å². The van der Waals surface area contributed by atoms with Crippen molar-refractivity contribution in [1.82, 2.24) is 10.3 Å². The van der Waals surface area contributed by atoms with Gasteiger partial charge in [-0.15, -0.1) is 0 Å². The van der Waals surface area contributed by atoms with Crippen molar-refractivity contribution >= 4 is 34.5 Å². The highest BCUT2D eigenvalue weighted by atomic mass is 16.4. The fourth-order valence-corrected chi connectivity index (χ4v) is 2.29. The van der Waals surface area contributed by atoms with E-state index in [2.05, 4.69) is 10.3 Å². The highest BCUT2D eigenvalue weighted by molar-refractivity contribution is 6.10. The zero-order valence-electron chi connectivity index (χ0n) is 10.9. The Morgan fingerprint density at radius 2 is 2.10 bits per heavy atom. The first-order chi connectivity index (χ1) is 10.1. The van der Waals surface area contributed by atoms with E-state index in [1.54, 1.807) is 18.3 Å². The SMILES string of the molecule is O=C1CCN(c2ccnc3ccc(C(=O)O)cc23)C(=O)N1. The van der Waals surface area contributed by atoms with Gasteiger partial charge in [0.25, 0.3) is 0 Å². The lowest BCUT2D eigenvalue weighted by atomic mass is 10.1. The summed E-state index contributed by atoms with van der Waals surface area (Å²) in [4.78, 5) is 39.8. The Balaban J connectivity index is 2.13. The molecule has 7 nitrogen and oxygen atoms in total. The molecule has 1 saturated heterocycles. The number of imide groups is 1. The number of amides is 3. The first kappa shape index (κ1) is 13.0. The molecule has 0 aliphatic carbocycles. The molecular weight excluding hydrogens is 274 g/mol. The minimum atomic E-state index is -1.05. The van der Waals surface area contributed by atoms with Crippen molar-refractivity contribution in [3.8, 4) is 0 Å². The zero-order valence-corrected chi connectivity index (χ0v) is 10.9. The van der Waals surface area contributed by atoms with Crippen LogP contribution in [-0.2, 0) is 4.79 Å². The predicted octanol–water partition coefficient (Wildman–Crippen LogP) is 1.38. The largest absolute Gasteiger partial charge is 0.478 e. The van der Waals surface area contributed by atoms with Crippen LogP contribution in [0.3, 0.4) is 0 Å². The number of nitrogens with zero attached hydrogens (tertiary/aromatic N) is 2. The molecule has 2 aromatic rings. The van der Waals surface area contributed by atoms with Gasteiger partial charge in [-0.05, 0) is 24.3 Å². The number of carbonyl (C=O) groups is 3. The molecule has 0 unspecified atom stereocenters. The summed E-state index contributed by atoms with van der Waals surface area (Å²) in [7, 11) is 0. The van der Waals surface area contributed by atoms with Crippen molar-refractivity contribution < 1.29 is 19.5 Å². The summed E-state index contributed by atoms with van der Waals surface area (Å²) in [5.41, 5.74) is 1.24. The number of anilines is 1. The van der Waals surface area contributed by atoms with Crippen molar-refractivity contribution in [2.24, 2.45) is 0 Å². The van der Waals surface area contributed by atoms with Crippen LogP contribution in [0.15, 0.2) is 30.5 Å². The van der Waals surface area contributed by atoms with E-state index in [0.717, 1.165) is 0 Å². The Morgan fingerprint density at radius 3 is 2.81 bits per heavy atom. The van der Waals surface area contributed by atoms with Gasteiger partial charge in [0.15, 0.2) is 0 Å². The van der Waals surface area contributed by atoms with E-state index in [9.17, 15) is 14.4 Å². The number of hydrogen-bond donors (Lipinski definition) is 2. The summed E-state index contributed by atoms with van der Waals surface area (Å²) in [6, 6.07) is 5.64. The van der Waals surface area contributed by atoms with Gasteiger partial charge < -0.3 is 5.11 Å². The molecule has 7 heteroatoms. The molecule has 0 saturated carbocycles. The summed E-state index contributed by atoms with van der Waals surface area (Å²) < 4.78 is 0. The number of nitrogens with one attached hydrogen (secondary N) is 1. The lowest BCUT2D eigenvalue weighted by molar-refractivity contribution is -0.120. The van der Waals surface area contributed by atoms with Crippen molar-refractivity contribution in [1.29, 1.82) is 0 Å². The number of pyridine rings is 1. The fraction of sp³-hybridized carbons (Fsp3) is 0.143. The van der Waals surface area contributed by atoms with Gasteiger partial charge in [0.05, 0.1) is 16.8 Å². The number of carbonyl (C=O) groups excluding carboxylic acids is 2. The third kappa shape index (κ3) is 2.29. The van der Waals surface area contributed by atoms with Crippen LogP contribution in [0.25, 0.3) is 10.9 Å². The molecule has 2 heterocycles. The summed E-state index contributed by atoms with van der Waals surface area (Å²) in [6.45, 7) is 0.251. The Bertz CT molecular complexity index is 772. The Labute approximate surface area is 119 Å². The minimum Gasteiger partial charge on any atom is -0.478 e. The van der Waals surface area contributed by atoms with E-state index < -0.39 is 12.0 Å². The van der Waals surface area contributed by atoms with Crippen LogP contribution in [0.5, 0.6) is 0 Å². The third-order valence-corrected chi connectivity index (χ3v) is 3.31. The molecule has 1 aliphatic heterocycles. The van der Waals surface area contributed by atoms with E-state index in [0.29, 0.717) is 16.6 Å². The number of fused-ring (bicyclic) bond motifs is 1. The second kappa shape index (κ2) is 4.86. The quantitative estimate of drug-likeness (QED) is 0.868. The lowest BCUT2D eigenvalue weighted by Crippen LogP contribution is -2.49. The van der Waals surface area contributed by atoms with Gasteiger partial charge in [0.1, 0.15) is 0 Å². The van der Waals surface area contributed by atoms with Crippen LogP contribution in [-0.4, -0.2) is 34.5 Å². The third-order valence-electron chi connectivity index (χ3n) is 3.31. The predicted molar refractivity (Wildman–Crippen MR) is 74.2 cm³/mol. The van der Waals surface area contributed by atoms with E-state index in [1.807, 2.05) is 0 Å². The molecule has 0 bridgehead atoms. The standard InChI is InChI=1S/C14H11N3O4/c18-12-4-6-17(14(21)16-12)11-3-5-15-10-2-1-8(13(19)20)7-9(10)11/h1-3,5,7H,4,6H2,(H,19,20)(H,16,18,21). The maximum absolute atomic E-state index is 11.9. The Morgan fingerprint density at radius 1 is 1.29 bits per heavy atom. The molecular formula is C14H11N3O4. The lowest BCUT2D eigenvalue weighted by Gasteiger charge is -2.27. The summed E-state index contributed by atoms with van der Waals surface area (Å²) >= 11 is 0. The zero-order chi connectivity index (χ0) is 15.0. The van der Waals surface area contributed by atoms with Gasteiger partial charge in [-0.2, -0.15) is 0 Å². The smallest absolute Gasteiger partial charge is 0.335 e. The highest BCUT2D eigenvalue weighted by Gasteiger charge is 2.25. The van der Waals surface area contributed by atoms with Crippen LogP contribution >= 0.6 is 0 Å². The van der Waals surface area contributed by atoms with Crippen LogP contribution in [0, 0.1) is 0 Å². The second-order valence-electron chi connectivity index (χ2n) is 4.62. The molecule has 1 aliphatic rings. The van der Waals surface area contributed by atoms with Crippen LogP contribution in [0.2, 0.25) is 0 Å². The van der Waals surface area contributed by atoms with Gasteiger partial charge in [0.2, 0.25) is 5.91 Å². The number of aromatic nitrogens is 1. The fourth-order valence-electron chi connectivity index (χ4n) is 2.29. The number of hydrogen-bond acceptors (Lipinski definition) is 4.